The molecule has 3 nitrogen and oxygen atoms in total. The number of para-hydroxylation sites is 1. The minimum atomic E-state index is 0.0769. The number of hydrogen-bond acceptors (Lipinski definition) is 3. The third kappa shape index (κ3) is 3.76. The Morgan fingerprint density at radius 2 is 1.74 bits per heavy atom. The van der Waals surface area contributed by atoms with Crippen molar-refractivity contribution < 1.29 is 4.79 Å². The lowest BCUT2D eigenvalue weighted by molar-refractivity contribution is -0.115. The van der Waals surface area contributed by atoms with E-state index in [0.29, 0.717) is 5.75 Å². The molecule has 0 unspecified atom stereocenters. The van der Waals surface area contributed by atoms with Gasteiger partial charge in [0.05, 0.1) is 5.75 Å². The predicted molar refractivity (Wildman–Crippen MR) is 81.4 cm³/mol. The number of nitrogen functional groups attached to an aromatic ring is 1. The third-order valence-corrected chi connectivity index (χ3v) is 3.76. The highest BCUT2D eigenvalue weighted by Crippen LogP contribution is 2.20. The molecule has 2 rings (SSSR count). The topological polar surface area (TPSA) is 46.3 Å². The second kappa shape index (κ2) is 6.29. The van der Waals surface area contributed by atoms with E-state index in [1.165, 1.54) is 11.8 Å². The summed E-state index contributed by atoms with van der Waals surface area (Å²) in [5.41, 5.74) is 7.26. The summed E-state index contributed by atoms with van der Waals surface area (Å²) < 4.78 is 0. The Kier molecular flexibility index (Phi) is 4.47. The lowest BCUT2D eigenvalue weighted by Crippen LogP contribution is -2.27. The van der Waals surface area contributed by atoms with Gasteiger partial charge in [-0.05, 0) is 36.4 Å². The van der Waals surface area contributed by atoms with Crippen LogP contribution in [0.1, 0.15) is 0 Å². The Morgan fingerprint density at radius 1 is 1.11 bits per heavy atom. The molecule has 2 aromatic rings. The summed E-state index contributed by atoms with van der Waals surface area (Å²) in [5.74, 6) is 0.489. The van der Waals surface area contributed by atoms with E-state index in [0.717, 1.165) is 16.3 Å². The van der Waals surface area contributed by atoms with Gasteiger partial charge in [0.25, 0.3) is 0 Å². The Labute approximate surface area is 117 Å². The van der Waals surface area contributed by atoms with Crippen LogP contribution in [-0.2, 0) is 4.79 Å². The SMILES string of the molecule is CN(C(=O)CSc1ccc(N)cc1)c1ccccc1. The molecule has 0 atom stereocenters. The highest BCUT2D eigenvalue weighted by atomic mass is 32.2. The van der Waals surface area contributed by atoms with Gasteiger partial charge in [0.15, 0.2) is 0 Å². The van der Waals surface area contributed by atoms with Gasteiger partial charge in [0.2, 0.25) is 5.91 Å². The molecule has 0 aromatic heterocycles. The number of benzene rings is 2. The van der Waals surface area contributed by atoms with Crippen molar-refractivity contribution in [3.8, 4) is 0 Å². The highest BCUT2D eigenvalue weighted by Gasteiger charge is 2.10. The average molecular weight is 272 g/mol. The second-order valence-corrected chi connectivity index (χ2v) is 5.19. The van der Waals surface area contributed by atoms with E-state index in [2.05, 4.69) is 0 Å². The van der Waals surface area contributed by atoms with Crippen LogP contribution >= 0.6 is 11.8 Å². The maximum atomic E-state index is 12.1. The van der Waals surface area contributed by atoms with Crippen molar-refractivity contribution in [3.05, 3.63) is 54.6 Å². The summed E-state index contributed by atoms with van der Waals surface area (Å²) in [5, 5.41) is 0. The van der Waals surface area contributed by atoms with Gasteiger partial charge in [-0.3, -0.25) is 4.79 Å². The minimum Gasteiger partial charge on any atom is -0.399 e. The minimum absolute atomic E-state index is 0.0769. The van der Waals surface area contributed by atoms with Crippen molar-refractivity contribution in [2.45, 2.75) is 4.90 Å². The first-order valence-electron chi connectivity index (χ1n) is 5.97. The van der Waals surface area contributed by atoms with Crippen LogP contribution in [0.4, 0.5) is 11.4 Å². The summed E-state index contributed by atoms with van der Waals surface area (Å²) in [6.45, 7) is 0. The first-order valence-corrected chi connectivity index (χ1v) is 6.95. The molecule has 1 amide bonds. The van der Waals surface area contributed by atoms with Gasteiger partial charge in [-0.15, -0.1) is 11.8 Å². The zero-order chi connectivity index (χ0) is 13.7. The fourth-order valence-electron chi connectivity index (χ4n) is 1.60. The molecule has 0 aliphatic heterocycles. The number of carbonyl (C=O) groups excluding carboxylic acids is 1. The summed E-state index contributed by atoms with van der Waals surface area (Å²) in [6, 6.07) is 17.2. The van der Waals surface area contributed by atoms with Crippen LogP contribution in [0.5, 0.6) is 0 Å². The van der Waals surface area contributed by atoms with E-state index in [1.54, 1.807) is 11.9 Å². The summed E-state index contributed by atoms with van der Waals surface area (Å²) in [6.07, 6.45) is 0. The number of rotatable bonds is 4. The normalized spacial score (nSPS) is 10.2. The summed E-state index contributed by atoms with van der Waals surface area (Å²) >= 11 is 1.51. The molecule has 2 aromatic carbocycles. The number of anilines is 2. The van der Waals surface area contributed by atoms with Gasteiger partial charge >= 0.3 is 0 Å². The number of nitrogens with two attached hydrogens (primary N) is 1. The van der Waals surface area contributed by atoms with Crippen LogP contribution in [0.2, 0.25) is 0 Å². The van der Waals surface area contributed by atoms with Crippen LogP contribution in [0.15, 0.2) is 59.5 Å². The van der Waals surface area contributed by atoms with Crippen molar-refractivity contribution >= 4 is 29.0 Å². The quantitative estimate of drug-likeness (QED) is 0.687. The second-order valence-electron chi connectivity index (χ2n) is 4.15. The molecule has 2 N–H and O–H groups in total. The predicted octanol–water partition coefficient (Wildman–Crippen LogP) is 3.02. The average Bonchev–Trinajstić information content (AvgIpc) is 2.46. The third-order valence-electron chi connectivity index (χ3n) is 2.76. The standard InChI is InChI=1S/C15H16N2OS/c1-17(13-5-3-2-4-6-13)15(18)11-19-14-9-7-12(16)8-10-14/h2-10H,11,16H2,1H3. The highest BCUT2D eigenvalue weighted by molar-refractivity contribution is 8.00. The Bertz CT molecular complexity index is 540. The number of hydrogen-bond donors (Lipinski definition) is 1. The first-order chi connectivity index (χ1) is 9.16. The van der Waals surface area contributed by atoms with Gasteiger partial charge < -0.3 is 10.6 Å². The number of carbonyl (C=O) groups is 1. The van der Waals surface area contributed by atoms with E-state index in [-0.39, 0.29) is 5.91 Å². The lowest BCUT2D eigenvalue weighted by atomic mass is 10.3. The molecule has 0 fully saturated rings. The van der Waals surface area contributed by atoms with E-state index in [9.17, 15) is 4.79 Å². The zero-order valence-corrected chi connectivity index (χ0v) is 11.6. The number of amides is 1. The van der Waals surface area contributed by atoms with Crippen molar-refractivity contribution in [1.82, 2.24) is 0 Å². The molecule has 0 saturated heterocycles. The Morgan fingerprint density at radius 3 is 2.37 bits per heavy atom. The van der Waals surface area contributed by atoms with Gasteiger partial charge in [-0.2, -0.15) is 0 Å². The van der Waals surface area contributed by atoms with E-state index < -0.39 is 0 Å². The van der Waals surface area contributed by atoms with Crippen LogP contribution in [0.3, 0.4) is 0 Å². The Hall–Kier alpha value is -1.94. The van der Waals surface area contributed by atoms with Crippen molar-refractivity contribution in [2.75, 3.05) is 23.4 Å². The first kappa shape index (κ1) is 13.5. The smallest absolute Gasteiger partial charge is 0.237 e. The molecule has 0 bridgehead atoms. The van der Waals surface area contributed by atoms with Crippen molar-refractivity contribution in [3.63, 3.8) is 0 Å². The van der Waals surface area contributed by atoms with E-state index in [4.69, 9.17) is 5.73 Å². The molecule has 98 valence electrons. The van der Waals surface area contributed by atoms with E-state index >= 15 is 0 Å². The molecular formula is C15H16N2OS. The van der Waals surface area contributed by atoms with Gasteiger partial charge in [-0.1, -0.05) is 18.2 Å². The van der Waals surface area contributed by atoms with Crippen LogP contribution in [-0.4, -0.2) is 18.7 Å². The maximum Gasteiger partial charge on any atom is 0.237 e. The Balaban J connectivity index is 1.93. The van der Waals surface area contributed by atoms with Crippen molar-refractivity contribution in [2.24, 2.45) is 0 Å². The molecule has 0 aliphatic carbocycles. The van der Waals surface area contributed by atoms with Gasteiger partial charge in [0, 0.05) is 23.3 Å². The molecule has 4 heteroatoms. The monoisotopic (exact) mass is 272 g/mol. The summed E-state index contributed by atoms with van der Waals surface area (Å²) in [4.78, 5) is 14.8. The maximum absolute atomic E-state index is 12.1. The zero-order valence-electron chi connectivity index (χ0n) is 10.7. The largest absolute Gasteiger partial charge is 0.399 e. The number of nitrogens with zero attached hydrogens (tertiary/aromatic N) is 1. The van der Waals surface area contributed by atoms with Gasteiger partial charge in [0.1, 0.15) is 0 Å². The summed E-state index contributed by atoms with van der Waals surface area (Å²) in [7, 11) is 1.79. The fourth-order valence-corrected chi connectivity index (χ4v) is 2.41. The number of thioether (sulfide) groups is 1. The molecule has 0 aliphatic rings. The molecule has 0 radical (unpaired) electrons. The molecule has 0 spiro atoms. The van der Waals surface area contributed by atoms with Crippen LogP contribution in [0, 0.1) is 0 Å². The molecular weight excluding hydrogens is 256 g/mol. The lowest BCUT2D eigenvalue weighted by Gasteiger charge is -2.16. The van der Waals surface area contributed by atoms with E-state index in [1.807, 2.05) is 54.6 Å². The molecule has 0 heterocycles. The molecule has 19 heavy (non-hydrogen) atoms. The van der Waals surface area contributed by atoms with Crippen molar-refractivity contribution in [1.29, 1.82) is 0 Å². The fraction of sp³-hybridized carbons (Fsp3) is 0.133. The van der Waals surface area contributed by atoms with Crippen LogP contribution < -0.4 is 10.6 Å². The van der Waals surface area contributed by atoms with Gasteiger partial charge in [-0.25, -0.2) is 0 Å². The molecule has 0 saturated carbocycles. The van der Waals surface area contributed by atoms with Crippen LogP contribution in [0.25, 0.3) is 0 Å².